The molecule has 2 amide bonds. The van der Waals surface area contributed by atoms with Crippen LogP contribution >= 0.6 is 11.8 Å². The average molecular weight is 287 g/mol. The van der Waals surface area contributed by atoms with Crippen molar-refractivity contribution in [2.75, 3.05) is 5.75 Å². The summed E-state index contributed by atoms with van der Waals surface area (Å²) in [4.78, 5) is 22.4. The lowest BCUT2D eigenvalue weighted by Crippen LogP contribution is -2.58. The second-order valence-electron chi connectivity index (χ2n) is 5.30. The number of carbonyl (C=O) groups is 2. The van der Waals surface area contributed by atoms with Crippen molar-refractivity contribution in [1.82, 2.24) is 10.6 Å². The van der Waals surface area contributed by atoms with E-state index in [0.29, 0.717) is 6.42 Å². The van der Waals surface area contributed by atoms with Crippen molar-refractivity contribution in [2.24, 2.45) is 5.73 Å². The largest absolute Gasteiger partial charge is 0.331 e. The van der Waals surface area contributed by atoms with Crippen molar-refractivity contribution in [2.45, 2.75) is 63.4 Å². The zero-order valence-electron chi connectivity index (χ0n) is 12.0. The highest BCUT2D eigenvalue weighted by molar-refractivity contribution is 7.99. The second kappa shape index (κ2) is 7.14. The third-order valence-electron chi connectivity index (χ3n) is 3.34. The number of hydrogen-bond acceptors (Lipinski definition) is 4. The van der Waals surface area contributed by atoms with Crippen molar-refractivity contribution < 1.29 is 9.59 Å². The predicted molar refractivity (Wildman–Crippen MR) is 79.1 cm³/mol. The SMILES string of the molecule is CCSC(CCCCC(C)=O)[C@H]1NC(=O)N[C@]1(C)N. The van der Waals surface area contributed by atoms with Crippen LogP contribution in [0, 0.1) is 0 Å². The summed E-state index contributed by atoms with van der Waals surface area (Å²) in [6.45, 7) is 5.57. The van der Waals surface area contributed by atoms with Crippen LogP contribution in [0.5, 0.6) is 0 Å². The van der Waals surface area contributed by atoms with Crippen LogP contribution in [-0.4, -0.2) is 34.5 Å². The van der Waals surface area contributed by atoms with Crippen LogP contribution in [0.1, 0.15) is 46.5 Å². The lowest BCUT2D eigenvalue weighted by molar-refractivity contribution is -0.117. The van der Waals surface area contributed by atoms with Crippen molar-refractivity contribution in [3.05, 3.63) is 0 Å². The molecule has 1 aliphatic heterocycles. The van der Waals surface area contributed by atoms with Crippen LogP contribution in [-0.2, 0) is 4.79 Å². The predicted octanol–water partition coefficient (Wildman–Crippen LogP) is 1.61. The summed E-state index contributed by atoms with van der Waals surface area (Å²) >= 11 is 1.82. The van der Waals surface area contributed by atoms with Gasteiger partial charge in [0.15, 0.2) is 0 Å². The molecule has 5 nitrogen and oxygen atoms in total. The van der Waals surface area contributed by atoms with Gasteiger partial charge in [0.1, 0.15) is 11.4 Å². The molecule has 1 fully saturated rings. The summed E-state index contributed by atoms with van der Waals surface area (Å²) in [5.74, 6) is 1.22. The van der Waals surface area contributed by atoms with Crippen molar-refractivity contribution in [1.29, 1.82) is 0 Å². The van der Waals surface area contributed by atoms with Crippen LogP contribution in [0.15, 0.2) is 0 Å². The number of thioether (sulfide) groups is 1. The van der Waals surface area contributed by atoms with E-state index in [2.05, 4.69) is 17.6 Å². The first kappa shape index (κ1) is 16.3. The van der Waals surface area contributed by atoms with Gasteiger partial charge in [-0.05, 0) is 32.4 Å². The average Bonchev–Trinajstić information content (AvgIpc) is 2.56. The number of rotatable bonds is 8. The van der Waals surface area contributed by atoms with E-state index in [0.717, 1.165) is 25.0 Å². The molecular formula is C13H25N3O2S. The van der Waals surface area contributed by atoms with Gasteiger partial charge < -0.3 is 21.2 Å². The highest BCUT2D eigenvalue weighted by atomic mass is 32.2. The topological polar surface area (TPSA) is 84.2 Å². The standard InChI is InChI=1S/C13H25N3O2S/c1-4-19-10(8-6-5-7-9(2)17)11-13(3,14)16-12(18)15-11/h10-11H,4-8,14H2,1-3H3,(H2,15,16,18)/t10?,11-,13+/m1/s1. The van der Waals surface area contributed by atoms with Gasteiger partial charge in [-0.3, -0.25) is 0 Å². The molecule has 0 bridgehead atoms. The van der Waals surface area contributed by atoms with Gasteiger partial charge in [0.05, 0.1) is 6.04 Å². The molecule has 1 heterocycles. The molecule has 1 rings (SSSR count). The highest BCUT2D eigenvalue weighted by Crippen LogP contribution is 2.27. The molecule has 4 N–H and O–H groups in total. The maximum Gasteiger partial charge on any atom is 0.316 e. The van der Waals surface area contributed by atoms with Crippen LogP contribution in [0.2, 0.25) is 0 Å². The molecule has 0 radical (unpaired) electrons. The van der Waals surface area contributed by atoms with Crippen LogP contribution in [0.3, 0.4) is 0 Å². The zero-order chi connectivity index (χ0) is 14.5. The summed E-state index contributed by atoms with van der Waals surface area (Å²) < 4.78 is 0. The van der Waals surface area contributed by atoms with Crippen LogP contribution < -0.4 is 16.4 Å². The number of hydrogen-bond donors (Lipinski definition) is 3. The van der Waals surface area contributed by atoms with E-state index in [1.807, 2.05) is 18.7 Å². The molecule has 0 aliphatic carbocycles. The van der Waals surface area contributed by atoms with Gasteiger partial charge in [0.2, 0.25) is 0 Å². The molecule has 1 aliphatic rings. The molecule has 0 saturated carbocycles. The number of urea groups is 1. The van der Waals surface area contributed by atoms with Gasteiger partial charge in [-0.15, -0.1) is 0 Å². The molecule has 0 aromatic rings. The Morgan fingerprint density at radius 3 is 2.68 bits per heavy atom. The Kier molecular flexibility index (Phi) is 6.13. The first-order valence-electron chi connectivity index (χ1n) is 6.85. The monoisotopic (exact) mass is 287 g/mol. The number of ketones is 1. The minimum atomic E-state index is -0.704. The molecule has 0 aromatic carbocycles. The summed E-state index contributed by atoms with van der Waals surface area (Å²) in [6.07, 6.45) is 3.50. The van der Waals surface area contributed by atoms with E-state index in [-0.39, 0.29) is 23.1 Å². The maximum absolute atomic E-state index is 11.4. The summed E-state index contributed by atoms with van der Waals surface area (Å²) in [5, 5.41) is 5.95. The van der Waals surface area contributed by atoms with Crippen LogP contribution in [0.4, 0.5) is 4.79 Å². The summed E-state index contributed by atoms with van der Waals surface area (Å²) in [7, 11) is 0. The fraction of sp³-hybridized carbons (Fsp3) is 0.846. The van der Waals surface area contributed by atoms with Gasteiger partial charge in [0, 0.05) is 11.7 Å². The number of carbonyl (C=O) groups excluding carboxylic acids is 2. The number of nitrogens with two attached hydrogens (primary N) is 1. The van der Waals surface area contributed by atoms with Crippen molar-refractivity contribution in [3.63, 3.8) is 0 Å². The van der Waals surface area contributed by atoms with E-state index in [1.165, 1.54) is 0 Å². The molecule has 1 unspecified atom stereocenters. The number of nitrogens with one attached hydrogen (secondary N) is 2. The van der Waals surface area contributed by atoms with E-state index in [9.17, 15) is 9.59 Å². The molecule has 19 heavy (non-hydrogen) atoms. The quantitative estimate of drug-likeness (QED) is 0.592. The van der Waals surface area contributed by atoms with E-state index in [1.54, 1.807) is 6.92 Å². The first-order valence-corrected chi connectivity index (χ1v) is 7.90. The fourth-order valence-electron chi connectivity index (χ4n) is 2.41. The second-order valence-corrected chi connectivity index (χ2v) is 6.82. The number of amides is 2. The molecule has 110 valence electrons. The van der Waals surface area contributed by atoms with Gasteiger partial charge in [-0.1, -0.05) is 13.3 Å². The Labute approximate surface area is 119 Å². The van der Waals surface area contributed by atoms with Crippen LogP contribution in [0.25, 0.3) is 0 Å². The lowest BCUT2D eigenvalue weighted by Gasteiger charge is -2.32. The molecule has 0 spiro atoms. The Morgan fingerprint density at radius 2 is 2.21 bits per heavy atom. The Hall–Kier alpha value is -0.750. The molecular weight excluding hydrogens is 262 g/mol. The van der Waals surface area contributed by atoms with E-state index >= 15 is 0 Å². The number of Topliss-reactive ketones (excluding diaryl/α,β-unsaturated/α-hetero) is 1. The molecule has 0 aromatic heterocycles. The van der Waals surface area contributed by atoms with Crippen molar-refractivity contribution >= 4 is 23.6 Å². The fourth-order valence-corrected chi connectivity index (χ4v) is 3.71. The minimum absolute atomic E-state index is 0.0673. The zero-order valence-corrected chi connectivity index (χ0v) is 12.8. The Bertz CT molecular complexity index is 334. The highest BCUT2D eigenvalue weighted by Gasteiger charge is 2.43. The van der Waals surface area contributed by atoms with E-state index < -0.39 is 5.66 Å². The maximum atomic E-state index is 11.4. The third kappa shape index (κ3) is 5.03. The van der Waals surface area contributed by atoms with Gasteiger partial charge in [-0.2, -0.15) is 11.8 Å². The van der Waals surface area contributed by atoms with Gasteiger partial charge in [-0.25, -0.2) is 4.79 Å². The Morgan fingerprint density at radius 1 is 1.53 bits per heavy atom. The minimum Gasteiger partial charge on any atom is -0.331 e. The van der Waals surface area contributed by atoms with E-state index in [4.69, 9.17) is 5.73 Å². The molecule has 3 atom stereocenters. The third-order valence-corrected chi connectivity index (χ3v) is 4.60. The first-order chi connectivity index (χ1) is 8.86. The smallest absolute Gasteiger partial charge is 0.316 e. The molecule has 1 saturated heterocycles. The Balaban J connectivity index is 2.52. The van der Waals surface area contributed by atoms with Crippen molar-refractivity contribution in [3.8, 4) is 0 Å². The molecule has 6 heteroatoms. The lowest BCUT2D eigenvalue weighted by atomic mass is 9.97. The summed E-state index contributed by atoms with van der Waals surface area (Å²) in [6, 6.07) is -0.261. The van der Waals surface area contributed by atoms with Gasteiger partial charge >= 0.3 is 6.03 Å². The van der Waals surface area contributed by atoms with Gasteiger partial charge in [0.25, 0.3) is 0 Å². The summed E-state index contributed by atoms with van der Waals surface area (Å²) in [5.41, 5.74) is 5.43. The normalized spacial score (nSPS) is 27.8. The number of unbranched alkanes of at least 4 members (excludes halogenated alkanes) is 1.